The highest BCUT2D eigenvalue weighted by molar-refractivity contribution is 9.11. The summed E-state index contributed by atoms with van der Waals surface area (Å²) < 4.78 is 23.3. The molecule has 1 aromatic carbocycles. The van der Waals surface area contributed by atoms with Gasteiger partial charge in [0.05, 0.1) is 29.3 Å². The van der Waals surface area contributed by atoms with Crippen molar-refractivity contribution in [1.29, 1.82) is 0 Å². The van der Waals surface area contributed by atoms with E-state index in [1.165, 1.54) is 11.3 Å². The molecule has 3 N–H and O–H groups in total. The summed E-state index contributed by atoms with van der Waals surface area (Å²) in [5, 5.41) is 7.51. The van der Waals surface area contributed by atoms with Gasteiger partial charge in [0.2, 0.25) is 10.0 Å². The van der Waals surface area contributed by atoms with E-state index in [1.807, 2.05) is 0 Å². The highest BCUT2D eigenvalue weighted by Gasteiger charge is 2.17. The van der Waals surface area contributed by atoms with Crippen LogP contribution in [0.3, 0.4) is 0 Å². The van der Waals surface area contributed by atoms with Crippen LogP contribution in [0.5, 0.6) is 0 Å². The van der Waals surface area contributed by atoms with Crippen molar-refractivity contribution in [3.8, 4) is 0 Å². The first-order chi connectivity index (χ1) is 9.68. The molecule has 0 bridgehead atoms. The van der Waals surface area contributed by atoms with Gasteiger partial charge in [-0.15, -0.1) is 11.3 Å². The lowest BCUT2D eigenvalue weighted by Crippen LogP contribution is -2.14. The van der Waals surface area contributed by atoms with Crippen LogP contribution in [0.25, 0.3) is 0 Å². The van der Waals surface area contributed by atoms with E-state index < -0.39 is 15.9 Å². The number of sulfonamides is 1. The van der Waals surface area contributed by atoms with Gasteiger partial charge in [0.25, 0.3) is 5.91 Å². The predicted octanol–water partition coefficient (Wildman–Crippen LogP) is 3.72. The van der Waals surface area contributed by atoms with Crippen LogP contribution >= 0.6 is 50.5 Å². The number of primary sulfonamides is 1. The minimum absolute atomic E-state index is 0.0181. The zero-order chi connectivity index (χ0) is 15.8. The van der Waals surface area contributed by atoms with Crippen molar-refractivity contribution in [2.45, 2.75) is 4.90 Å². The van der Waals surface area contributed by atoms with Gasteiger partial charge in [0, 0.05) is 0 Å². The molecule has 0 spiro atoms. The molecule has 1 heterocycles. The van der Waals surface area contributed by atoms with E-state index in [0.29, 0.717) is 4.88 Å². The van der Waals surface area contributed by atoms with Gasteiger partial charge in [-0.25, -0.2) is 13.6 Å². The Labute approximate surface area is 143 Å². The van der Waals surface area contributed by atoms with Crippen LogP contribution in [-0.2, 0) is 10.0 Å². The Morgan fingerprint density at radius 2 is 1.81 bits per heavy atom. The second kappa shape index (κ2) is 6.23. The van der Waals surface area contributed by atoms with Gasteiger partial charge in [-0.1, -0.05) is 23.2 Å². The number of anilines is 1. The summed E-state index contributed by atoms with van der Waals surface area (Å²) in [6.45, 7) is 0. The predicted molar refractivity (Wildman–Crippen MR) is 87.8 cm³/mol. The number of nitrogens with two attached hydrogens (primary N) is 1. The van der Waals surface area contributed by atoms with E-state index in [1.54, 1.807) is 12.1 Å². The Balaban J connectivity index is 2.35. The van der Waals surface area contributed by atoms with Crippen molar-refractivity contribution in [2.24, 2.45) is 5.14 Å². The molecule has 0 saturated heterocycles. The zero-order valence-corrected chi connectivity index (χ0v) is 14.8. The number of amides is 1. The van der Waals surface area contributed by atoms with Gasteiger partial charge >= 0.3 is 0 Å². The van der Waals surface area contributed by atoms with Gasteiger partial charge in [-0.3, -0.25) is 4.79 Å². The second-order valence-corrected chi connectivity index (χ2v) is 8.70. The van der Waals surface area contributed by atoms with Crippen molar-refractivity contribution in [3.05, 3.63) is 43.0 Å². The third kappa shape index (κ3) is 3.97. The molecule has 0 aliphatic carbocycles. The number of halogens is 3. The molecule has 10 heteroatoms. The number of hydrogen-bond acceptors (Lipinski definition) is 4. The van der Waals surface area contributed by atoms with Gasteiger partial charge in [-0.05, 0) is 40.2 Å². The van der Waals surface area contributed by atoms with Crippen LogP contribution in [0.4, 0.5) is 5.69 Å². The maximum Gasteiger partial charge on any atom is 0.265 e. The molecule has 0 saturated carbocycles. The first-order valence-corrected chi connectivity index (χ1v) is 9.18. The minimum Gasteiger partial charge on any atom is -0.319 e. The summed E-state index contributed by atoms with van der Waals surface area (Å²) in [6.07, 6.45) is 0. The van der Waals surface area contributed by atoms with E-state index >= 15 is 0 Å². The van der Waals surface area contributed by atoms with Crippen LogP contribution in [0.1, 0.15) is 9.67 Å². The SMILES string of the molecule is NS(=O)(=O)c1cc(Cl)c(NC(=O)c2ccc(Br)s2)c(Cl)c1. The van der Waals surface area contributed by atoms with E-state index in [0.717, 1.165) is 15.9 Å². The highest BCUT2D eigenvalue weighted by atomic mass is 79.9. The molecule has 21 heavy (non-hydrogen) atoms. The van der Waals surface area contributed by atoms with Crippen LogP contribution in [0.2, 0.25) is 10.0 Å². The van der Waals surface area contributed by atoms with Gasteiger partial charge in [-0.2, -0.15) is 0 Å². The molecule has 2 rings (SSSR count). The van der Waals surface area contributed by atoms with Crippen LogP contribution in [0, 0.1) is 0 Å². The summed E-state index contributed by atoms with van der Waals surface area (Å²) in [5.74, 6) is -0.405. The third-order valence-corrected chi connectivity index (χ3v) is 5.49. The molecule has 0 atom stereocenters. The summed E-state index contributed by atoms with van der Waals surface area (Å²) >= 11 is 16.4. The second-order valence-electron chi connectivity index (χ2n) is 3.86. The maximum absolute atomic E-state index is 12.0. The Bertz CT molecular complexity index is 798. The Hall–Kier alpha value is -0.640. The lowest BCUT2D eigenvalue weighted by molar-refractivity contribution is 0.103. The van der Waals surface area contributed by atoms with Crippen LogP contribution in [-0.4, -0.2) is 14.3 Å². The molecule has 0 unspecified atom stereocenters. The van der Waals surface area contributed by atoms with Crippen LogP contribution in [0.15, 0.2) is 32.9 Å². The highest BCUT2D eigenvalue weighted by Crippen LogP contribution is 2.34. The average molecular weight is 430 g/mol. The lowest BCUT2D eigenvalue weighted by atomic mass is 10.3. The van der Waals surface area contributed by atoms with Gasteiger partial charge < -0.3 is 5.32 Å². The average Bonchev–Trinajstić information content (AvgIpc) is 2.79. The van der Waals surface area contributed by atoms with Crippen molar-refractivity contribution >= 4 is 72.1 Å². The maximum atomic E-state index is 12.0. The molecule has 1 amide bonds. The Morgan fingerprint density at radius 3 is 2.24 bits per heavy atom. The molecular formula is C11H7BrCl2N2O3S2. The van der Waals surface area contributed by atoms with Gasteiger partial charge in [0.15, 0.2) is 0 Å². The fourth-order valence-corrected chi connectivity index (χ4v) is 4.00. The number of rotatable bonds is 3. The largest absolute Gasteiger partial charge is 0.319 e. The first kappa shape index (κ1) is 16.7. The summed E-state index contributed by atoms with van der Waals surface area (Å²) in [6, 6.07) is 5.61. The quantitative estimate of drug-likeness (QED) is 0.778. The molecule has 1 aromatic heterocycles. The molecule has 0 fully saturated rings. The topological polar surface area (TPSA) is 89.3 Å². The Kier molecular flexibility index (Phi) is 4.96. The van der Waals surface area contributed by atoms with E-state index in [4.69, 9.17) is 28.3 Å². The van der Waals surface area contributed by atoms with E-state index in [2.05, 4.69) is 21.2 Å². The lowest BCUT2D eigenvalue weighted by Gasteiger charge is -2.10. The number of thiophene rings is 1. The summed E-state index contributed by atoms with van der Waals surface area (Å²) in [7, 11) is -3.93. The molecule has 2 aromatic rings. The fraction of sp³-hybridized carbons (Fsp3) is 0. The number of benzene rings is 1. The first-order valence-electron chi connectivity index (χ1n) is 5.27. The normalized spacial score (nSPS) is 11.4. The van der Waals surface area contributed by atoms with Crippen molar-refractivity contribution in [2.75, 3.05) is 5.32 Å². The number of carbonyl (C=O) groups is 1. The van der Waals surface area contributed by atoms with Gasteiger partial charge in [0.1, 0.15) is 0 Å². The van der Waals surface area contributed by atoms with Crippen molar-refractivity contribution in [3.63, 3.8) is 0 Å². The molecular weight excluding hydrogens is 423 g/mol. The van der Waals surface area contributed by atoms with E-state index in [-0.39, 0.29) is 20.6 Å². The fourth-order valence-electron chi connectivity index (χ4n) is 1.45. The molecule has 0 aliphatic heterocycles. The molecule has 0 aliphatic rings. The Morgan fingerprint density at radius 1 is 1.24 bits per heavy atom. The monoisotopic (exact) mass is 428 g/mol. The molecule has 112 valence electrons. The van der Waals surface area contributed by atoms with Crippen molar-refractivity contribution in [1.82, 2.24) is 0 Å². The standard InChI is InChI=1S/C11H7BrCl2N2O3S2/c12-9-2-1-8(20-9)11(17)16-10-6(13)3-5(4-7(10)14)21(15,18)19/h1-4H,(H,16,17)(H2,15,18,19). The molecule has 5 nitrogen and oxygen atoms in total. The zero-order valence-electron chi connectivity index (χ0n) is 10.1. The third-order valence-electron chi connectivity index (χ3n) is 2.38. The van der Waals surface area contributed by atoms with E-state index in [9.17, 15) is 13.2 Å². The molecule has 0 radical (unpaired) electrons. The van der Waals surface area contributed by atoms with Crippen LogP contribution < -0.4 is 10.5 Å². The number of nitrogens with one attached hydrogen (secondary N) is 1. The summed E-state index contributed by atoms with van der Waals surface area (Å²) in [4.78, 5) is 12.3. The van der Waals surface area contributed by atoms with Crippen molar-refractivity contribution < 1.29 is 13.2 Å². The number of carbonyl (C=O) groups excluding carboxylic acids is 1. The smallest absolute Gasteiger partial charge is 0.265 e. The number of hydrogen-bond donors (Lipinski definition) is 2. The summed E-state index contributed by atoms with van der Waals surface area (Å²) in [5.41, 5.74) is 0.125. The minimum atomic E-state index is -3.93.